The Labute approximate surface area is 129 Å². The summed E-state index contributed by atoms with van der Waals surface area (Å²) in [5.41, 5.74) is 0. The molecule has 2 amide bonds. The van der Waals surface area contributed by atoms with Crippen molar-refractivity contribution in [3.8, 4) is 0 Å². The summed E-state index contributed by atoms with van der Waals surface area (Å²) in [5.74, 6) is 0.706. The Hall–Kier alpha value is -0.810. The Morgan fingerprint density at radius 3 is 2.81 bits per heavy atom. The van der Waals surface area contributed by atoms with Gasteiger partial charge in [0.1, 0.15) is 0 Å². The normalized spacial score (nSPS) is 25.8. The molecule has 0 radical (unpaired) electrons. The number of ether oxygens (including phenoxy) is 1. The minimum atomic E-state index is 0.0645. The van der Waals surface area contributed by atoms with Gasteiger partial charge in [0.25, 0.3) is 0 Å². The van der Waals surface area contributed by atoms with Gasteiger partial charge >= 0.3 is 6.03 Å². The molecule has 1 saturated carbocycles. The molecule has 2 fully saturated rings. The minimum Gasteiger partial charge on any atom is -0.379 e. The van der Waals surface area contributed by atoms with Crippen LogP contribution in [0.3, 0.4) is 0 Å². The van der Waals surface area contributed by atoms with Gasteiger partial charge in [0.05, 0.1) is 13.2 Å². The minimum absolute atomic E-state index is 0.0645. The fraction of sp³-hybridized carbons (Fsp3) is 0.938. The van der Waals surface area contributed by atoms with Crippen LogP contribution in [0.5, 0.6) is 0 Å². The average Bonchev–Trinajstić information content (AvgIpc) is 2.97. The van der Waals surface area contributed by atoms with Crippen LogP contribution in [0.25, 0.3) is 0 Å². The molecule has 5 nitrogen and oxygen atoms in total. The molecular weight excluding hydrogens is 266 g/mol. The van der Waals surface area contributed by atoms with E-state index in [0.717, 1.165) is 26.3 Å². The van der Waals surface area contributed by atoms with Gasteiger partial charge in [-0.2, -0.15) is 0 Å². The molecule has 21 heavy (non-hydrogen) atoms. The maximum atomic E-state index is 12.2. The van der Waals surface area contributed by atoms with Crippen molar-refractivity contribution < 1.29 is 9.53 Å². The van der Waals surface area contributed by atoms with Crippen LogP contribution in [-0.4, -0.2) is 67.8 Å². The quantitative estimate of drug-likeness (QED) is 0.843. The van der Waals surface area contributed by atoms with E-state index in [4.69, 9.17) is 4.74 Å². The number of hydrogen-bond acceptors (Lipinski definition) is 3. The number of nitrogens with zero attached hydrogens (tertiary/aromatic N) is 2. The van der Waals surface area contributed by atoms with E-state index < -0.39 is 0 Å². The number of morpholine rings is 1. The highest BCUT2D eigenvalue weighted by atomic mass is 16.5. The number of carbonyl (C=O) groups is 1. The van der Waals surface area contributed by atoms with Gasteiger partial charge in [0.2, 0.25) is 0 Å². The molecule has 0 spiro atoms. The fourth-order valence-corrected chi connectivity index (χ4v) is 3.55. The second-order valence-corrected chi connectivity index (χ2v) is 6.73. The monoisotopic (exact) mass is 297 g/mol. The van der Waals surface area contributed by atoms with Crippen LogP contribution in [0.4, 0.5) is 4.79 Å². The van der Waals surface area contributed by atoms with E-state index in [2.05, 4.69) is 24.1 Å². The molecule has 1 aliphatic heterocycles. The third kappa shape index (κ3) is 4.85. The maximum absolute atomic E-state index is 12.2. The number of nitrogens with one attached hydrogen (secondary N) is 1. The van der Waals surface area contributed by atoms with E-state index in [0.29, 0.717) is 24.5 Å². The first kappa shape index (κ1) is 16.6. The zero-order valence-corrected chi connectivity index (χ0v) is 13.8. The van der Waals surface area contributed by atoms with Crippen molar-refractivity contribution in [3.05, 3.63) is 0 Å². The SMILES string of the molecule is C[C@@H]1COCCN1[C@@H](C)CNC(=O)N(C)CC1CCCC1. The lowest BCUT2D eigenvalue weighted by Crippen LogP contribution is -2.53. The van der Waals surface area contributed by atoms with E-state index in [9.17, 15) is 4.79 Å². The second kappa shape index (κ2) is 7.99. The topological polar surface area (TPSA) is 44.8 Å². The molecule has 0 unspecified atom stereocenters. The molecule has 0 aromatic carbocycles. The van der Waals surface area contributed by atoms with E-state index in [1.165, 1.54) is 25.7 Å². The van der Waals surface area contributed by atoms with Crippen LogP contribution in [0.15, 0.2) is 0 Å². The first-order valence-corrected chi connectivity index (χ1v) is 8.40. The van der Waals surface area contributed by atoms with Gasteiger partial charge in [0.15, 0.2) is 0 Å². The Morgan fingerprint density at radius 1 is 1.43 bits per heavy atom. The zero-order valence-electron chi connectivity index (χ0n) is 13.8. The van der Waals surface area contributed by atoms with Crippen molar-refractivity contribution in [2.45, 2.75) is 51.6 Å². The smallest absolute Gasteiger partial charge is 0.317 e. The van der Waals surface area contributed by atoms with Crippen molar-refractivity contribution in [3.63, 3.8) is 0 Å². The molecule has 1 aliphatic carbocycles. The second-order valence-electron chi connectivity index (χ2n) is 6.73. The molecule has 122 valence electrons. The summed E-state index contributed by atoms with van der Waals surface area (Å²) < 4.78 is 5.46. The first-order chi connectivity index (χ1) is 10.1. The number of urea groups is 1. The number of carbonyl (C=O) groups excluding carboxylic acids is 1. The highest BCUT2D eigenvalue weighted by Gasteiger charge is 2.24. The van der Waals surface area contributed by atoms with Crippen LogP contribution < -0.4 is 5.32 Å². The van der Waals surface area contributed by atoms with Crippen LogP contribution >= 0.6 is 0 Å². The van der Waals surface area contributed by atoms with Gasteiger partial charge < -0.3 is 15.0 Å². The standard InChI is InChI=1S/C16H31N3O2/c1-13(19-8-9-21-12-14(19)2)10-17-16(20)18(3)11-15-6-4-5-7-15/h13-15H,4-12H2,1-3H3,(H,17,20)/t13-,14+/m0/s1. The van der Waals surface area contributed by atoms with Crippen LogP contribution in [0.1, 0.15) is 39.5 Å². The summed E-state index contributed by atoms with van der Waals surface area (Å²) in [4.78, 5) is 16.4. The van der Waals surface area contributed by atoms with Gasteiger partial charge in [-0.25, -0.2) is 4.79 Å². The van der Waals surface area contributed by atoms with E-state index in [-0.39, 0.29) is 6.03 Å². The molecule has 0 aromatic heterocycles. The molecule has 2 aliphatic rings. The Balaban J connectivity index is 1.69. The molecule has 1 N–H and O–H groups in total. The van der Waals surface area contributed by atoms with Crippen molar-refractivity contribution in [2.24, 2.45) is 5.92 Å². The van der Waals surface area contributed by atoms with Crippen molar-refractivity contribution in [1.29, 1.82) is 0 Å². The van der Waals surface area contributed by atoms with Gasteiger partial charge in [-0.15, -0.1) is 0 Å². The summed E-state index contributed by atoms with van der Waals surface area (Å²) in [6.07, 6.45) is 5.21. The Morgan fingerprint density at radius 2 is 2.14 bits per heavy atom. The predicted molar refractivity (Wildman–Crippen MR) is 84.4 cm³/mol. The molecule has 0 aromatic rings. The van der Waals surface area contributed by atoms with Crippen LogP contribution in [0, 0.1) is 5.92 Å². The van der Waals surface area contributed by atoms with E-state index >= 15 is 0 Å². The highest BCUT2D eigenvalue weighted by molar-refractivity contribution is 5.73. The Bertz CT molecular complexity index is 331. The fourth-order valence-electron chi connectivity index (χ4n) is 3.55. The molecule has 2 rings (SSSR count). The molecule has 1 saturated heterocycles. The maximum Gasteiger partial charge on any atom is 0.317 e. The van der Waals surface area contributed by atoms with Crippen LogP contribution in [-0.2, 0) is 4.74 Å². The zero-order chi connectivity index (χ0) is 15.2. The lowest BCUT2D eigenvalue weighted by atomic mass is 10.1. The summed E-state index contributed by atoms with van der Waals surface area (Å²) in [6.45, 7) is 8.51. The lowest BCUT2D eigenvalue weighted by molar-refractivity contribution is -0.0177. The molecular formula is C16H31N3O2. The van der Waals surface area contributed by atoms with Crippen molar-refractivity contribution in [1.82, 2.24) is 15.1 Å². The van der Waals surface area contributed by atoms with Gasteiger partial charge in [-0.3, -0.25) is 4.90 Å². The van der Waals surface area contributed by atoms with Crippen LogP contribution in [0.2, 0.25) is 0 Å². The molecule has 0 bridgehead atoms. The largest absolute Gasteiger partial charge is 0.379 e. The van der Waals surface area contributed by atoms with Gasteiger partial charge in [-0.1, -0.05) is 12.8 Å². The van der Waals surface area contributed by atoms with E-state index in [1.807, 2.05) is 11.9 Å². The van der Waals surface area contributed by atoms with Gasteiger partial charge in [-0.05, 0) is 32.6 Å². The highest BCUT2D eigenvalue weighted by Crippen LogP contribution is 2.25. The first-order valence-electron chi connectivity index (χ1n) is 8.40. The predicted octanol–water partition coefficient (Wildman–Crippen LogP) is 1.93. The number of rotatable bonds is 5. The molecule has 5 heteroatoms. The lowest BCUT2D eigenvalue weighted by Gasteiger charge is -2.38. The molecule has 2 atom stereocenters. The van der Waals surface area contributed by atoms with E-state index in [1.54, 1.807) is 0 Å². The third-order valence-electron chi connectivity index (χ3n) is 4.89. The third-order valence-corrected chi connectivity index (χ3v) is 4.89. The van der Waals surface area contributed by atoms with Gasteiger partial charge in [0, 0.05) is 38.8 Å². The Kier molecular flexibility index (Phi) is 6.30. The van der Waals surface area contributed by atoms with Crippen molar-refractivity contribution in [2.75, 3.05) is 39.9 Å². The summed E-state index contributed by atoms with van der Waals surface area (Å²) >= 11 is 0. The van der Waals surface area contributed by atoms with Crippen molar-refractivity contribution >= 4 is 6.03 Å². The summed E-state index contributed by atoms with van der Waals surface area (Å²) in [7, 11) is 1.91. The summed E-state index contributed by atoms with van der Waals surface area (Å²) in [6, 6.07) is 0.851. The average molecular weight is 297 g/mol. The number of amides is 2. The number of hydrogen-bond donors (Lipinski definition) is 1. The summed E-state index contributed by atoms with van der Waals surface area (Å²) in [5, 5.41) is 3.08. The molecule has 1 heterocycles.